The van der Waals surface area contributed by atoms with E-state index in [0.29, 0.717) is 5.92 Å². The summed E-state index contributed by atoms with van der Waals surface area (Å²) in [6.07, 6.45) is 0. The van der Waals surface area contributed by atoms with Crippen LogP contribution in [0.4, 0.5) is 0 Å². The van der Waals surface area contributed by atoms with E-state index in [-0.39, 0.29) is 17.9 Å². The Bertz CT molecular complexity index is 592. The lowest BCUT2D eigenvalue weighted by molar-refractivity contribution is 0.129. The molecule has 0 aliphatic carbocycles. The largest absolute Gasteiger partial charge is 0.396 e. The number of hydrogen-bond donors (Lipinski definition) is 2. The van der Waals surface area contributed by atoms with Gasteiger partial charge in [-0.1, -0.05) is 58.0 Å². The first kappa shape index (κ1) is 18.1. The first-order chi connectivity index (χ1) is 10.9. The molecule has 0 saturated heterocycles. The molecule has 126 valence electrons. The molecule has 1 aromatic carbocycles. The predicted octanol–water partition coefficient (Wildman–Crippen LogP) is 4.16. The van der Waals surface area contributed by atoms with Gasteiger partial charge in [0.05, 0.1) is 10.7 Å². The Morgan fingerprint density at radius 3 is 2.48 bits per heavy atom. The lowest BCUT2D eigenvalue weighted by Crippen LogP contribution is -2.34. The molecular weight excluding hydrogens is 304 g/mol. The summed E-state index contributed by atoms with van der Waals surface area (Å²) in [6, 6.07) is 10.4. The Morgan fingerprint density at radius 2 is 1.91 bits per heavy atom. The number of thiazole rings is 1. The maximum atomic E-state index is 9.77. The lowest BCUT2D eigenvalue weighted by atomic mass is 9.75. The highest BCUT2D eigenvalue weighted by molar-refractivity contribution is 7.09. The molecule has 0 bridgehead atoms. The van der Waals surface area contributed by atoms with Crippen LogP contribution in [0.3, 0.4) is 0 Å². The molecule has 0 amide bonds. The maximum absolute atomic E-state index is 9.77. The highest BCUT2D eigenvalue weighted by atomic mass is 32.1. The molecule has 1 aromatic heterocycles. The van der Waals surface area contributed by atoms with E-state index in [2.05, 4.69) is 67.6 Å². The average Bonchev–Trinajstić information content (AvgIpc) is 3.01. The van der Waals surface area contributed by atoms with Gasteiger partial charge in [-0.25, -0.2) is 4.98 Å². The molecular formula is C19H28N2OS. The smallest absolute Gasteiger partial charge is 0.0954 e. The van der Waals surface area contributed by atoms with Gasteiger partial charge >= 0.3 is 0 Å². The van der Waals surface area contributed by atoms with Crippen LogP contribution in [0.15, 0.2) is 35.7 Å². The van der Waals surface area contributed by atoms with Crippen LogP contribution in [0.2, 0.25) is 0 Å². The van der Waals surface area contributed by atoms with Crippen molar-refractivity contribution in [3.8, 4) is 0 Å². The fourth-order valence-electron chi connectivity index (χ4n) is 2.65. The number of benzene rings is 1. The second-order valence-corrected chi connectivity index (χ2v) is 7.96. The van der Waals surface area contributed by atoms with Gasteiger partial charge in [0, 0.05) is 36.9 Å². The normalized spacial score (nSPS) is 13.5. The molecule has 0 spiro atoms. The van der Waals surface area contributed by atoms with Crippen molar-refractivity contribution >= 4 is 11.3 Å². The minimum Gasteiger partial charge on any atom is -0.396 e. The quantitative estimate of drug-likeness (QED) is 0.763. The highest BCUT2D eigenvalue weighted by Crippen LogP contribution is 2.34. The number of aromatic nitrogens is 1. The molecule has 3 nitrogen and oxygen atoms in total. The van der Waals surface area contributed by atoms with Gasteiger partial charge < -0.3 is 10.4 Å². The maximum Gasteiger partial charge on any atom is 0.0954 e. The number of rotatable bonds is 8. The number of hydrogen-bond acceptors (Lipinski definition) is 4. The van der Waals surface area contributed by atoms with Gasteiger partial charge in [0.25, 0.3) is 0 Å². The minimum absolute atomic E-state index is 0.167. The Labute approximate surface area is 143 Å². The van der Waals surface area contributed by atoms with Gasteiger partial charge in [0.2, 0.25) is 0 Å². The number of aliphatic hydroxyl groups is 1. The second-order valence-electron chi connectivity index (χ2n) is 7.07. The molecule has 1 heterocycles. The zero-order chi connectivity index (χ0) is 16.9. The third-order valence-corrected chi connectivity index (χ3v) is 5.46. The molecule has 1 unspecified atom stereocenters. The molecule has 4 heteroatoms. The van der Waals surface area contributed by atoms with Gasteiger partial charge in [-0.2, -0.15) is 0 Å². The van der Waals surface area contributed by atoms with Crippen LogP contribution in [0.5, 0.6) is 0 Å². The van der Waals surface area contributed by atoms with E-state index < -0.39 is 0 Å². The van der Waals surface area contributed by atoms with Crippen LogP contribution >= 0.6 is 11.3 Å². The van der Waals surface area contributed by atoms with Gasteiger partial charge in [-0.15, -0.1) is 11.3 Å². The molecule has 0 aliphatic heterocycles. The molecule has 0 fully saturated rings. The van der Waals surface area contributed by atoms with Gasteiger partial charge in [0.1, 0.15) is 0 Å². The first-order valence-corrected chi connectivity index (χ1v) is 9.13. The minimum atomic E-state index is -0.167. The average molecular weight is 333 g/mol. The summed E-state index contributed by atoms with van der Waals surface area (Å²) in [7, 11) is 0. The van der Waals surface area contributed by atoms with Crippen molar-refractivity contribution in [1.82, 2.24) is 10.3 Å². The fourth-order valence-corrected chi connectivity index (χ4v) is 3.49. The topological polar surface area (TPSA) is 45.2 Å². The van der Waals surface area contributed by atoms with Crippen molar-refractivity contribution < 1.29 is 5.11 Å². The van der Waals surface area contributed by atoms with Crippen LogP contribution in [0.1, 0.15) is 55.8 Å². The van der Waals surface area contributed by atoms with E-state index >= 15 is 0 Å². The monoisotopic (exact) mass is 332 g/mol. The van der Waals surface area contributed by atoms with E-state index in [1.165, 1.54) is 10.6 Å². The van der Waals surface area contributed by atoms with Crippen molar-refractivity contribution in [3.63, 3.8) is 0 Å². The molecule has 0 aliphatic rings. The molecule has 2 rings (SSSR count). The summed E-state index contributed by atoms with van der Waals surface area (Å²) in [4.78, 5) is 4.67. The zero-order valence-electron chi connectivity index (χ0n) is 14.5. The van der Waals surface area contributed by atoms with E-state index in [4.69, 9.17) is 0 Å². The standard InChI is InChI=1S/C19H28N2OS/c1-14(2)18-21-16(12-23-18)10-20-11-17(19(3,4)13-22)15-8-6-5-7-9-15/h5-9,12,14,17,20,22H,10-11,13H2,1-4H3. The summed E-state index contributed by atoms with van der Waals surface area (Å²) in [5.74, 6) is 0.746. The van der Waals surface area contributed by atoms with E-state index in [9.17, 15) is 5.11 Å². The van der Waals surface area contributed by atoms with E-state index in [1.807, 2.05) is 6.07 Å². The molecule has 0 radical (unpaired) electrons. The Kier molecular flexibility index (Phi) is 6.33. The third kappa shape index (κ3) is 4.87. The molecule has 1 atom stereocenters. The van der Waals surface area contributed by atoms with E-state index in [0.717, 1.165) is 18.8 Å². The molecule has 0 saturated carbocycles. The number of aliphatic hydroxyl groups excluding tert-OH is 1. The van der Waals surface area contributed by atoms with Crippen molar-refractivity contribution in [2.75, 3.05) is 13.2 Å². The predicted molar refractivity (Wildman–Crippen MR) is 98.0 cm³/mol. The molecule has 23 heavy (non-hydrogen) atoms. The highest BCUT2D eigenvalue weighted by Gasteiger charge is 2.29. The van der Waals surface area contributed by atoms with Crippen molar-refractivity contribution in [3.05, 3.63) is 52.0 Å². The molecule has 2 N–H and O–H groups in total. The van der Waals surface area contributed by atoms with Crippen molar-refractivity contribution in [1.29, 1.82) is 0 Å². The second kappa shape index (κ2) is 8.04. The van der Waals surface area contributed by atoms with Gasteiger partial charge in [-0.05, 0) is 11.0 Å². The van der Waals surface area contributed by atoms with Crippen molar-refractivity contribution in [2.45, 2.75) is 46.1 Å². The fraction of sp³-hybridized carbons (Fsp3) is 0.526. The summed E-state index contributed by atoms with van der Waals surface area (Å²) in [5.41, 5.74) is 2.20. The van der Waals surface area contributed by atoms with Crippen molar-refractivity contribution in [2.24, 2.45) is 5.41 Å². The van der Waals surface area contributed by atoms with E-state index in [1.54, 1.807) is 11.3 Å². The van der Waals surface area contributed by atoms with Gasteiger partial charge in [0.15, 0.2) is 0 Å². The summed E-state index contributed by atoms with van der Waals surface area (Å²) in [6.45, 7) is 10.3. The Balaban J connectivity index is 2.01. The van der Waals surface area contributed by atoms with Crippen LogP contribution in [-0.2, 0) is 6.54 Å². The molecule has 2 aromatic rings. The van der Waals surface area contributed by atoms with Crippen LogP contribution in [0, 0.1) is 5.41 Å². The van der Waals surface area contributed by atoms with Crippen LogP contribution in [0.25, 0.3) is 0 Å². The number of nitrogens with one attached hydrogen (secondary N) is 1. The first-order valence-electron chi connectivity index (χ1n) is 8.25. The third-order valence-electron chi connectivity index (χ3n) is 4.27. The SMILES string of the molecule is CC(C)c1nc(CNCC(c2ccccc2)C(C)(C)CO)cs1. The van der Waals surface area contributed by atoms with Crippen LogP contribution < -0.4 is 5.32 Å². The summed E-state index contributed by atoms with van der Waals surface area (Å²) < 4.78 is 0. The summed E-state index contributed by atoms with van der Waals surface area (Å²) >= 11 is 1.73. The van der Waals surface area contributed by atoms with Gasteiger partial charge in [-0.3, -0.25) is 0 Å². The Hall–Kier alpha value is -1.23. The number of nitrogens with zero attached hydrogens (tertiary/aromatic N) is 1. The summed E-state index contributed by atoms with van der Waals surface area (Å²) in [5, 5.41) is 16.6. The Morgan fingerprint density at radius 1 is 1.22 bits per heavy atom. The zero-order valence-corrected chi connectivity index (χ0v) is 15.4. The van der Waals surface area contributed by atoms with Crippen LogP contribution in [-0.4, -0.2) is 23.2 Å². The lowest BCUT2D eigenvalue weighted by Gasteiger charge is -2.33.